The molecular formula is C12H15Cl2NTi-2. The van der Waals surface area contributed by atoms with Crippen molar-refractivity contribution in [2.75, 3.05) is 0 Å². The third-order valence-corrected chi connectivity index (χ3v) is 1.03. The molecule has 0 atom stereocenters. The van der Waals surface area contributed by atoms with Gasteiger partial charge in [-0.3, -0.25) is 6.08 Å². The molecule has 0 saturated carbocycles. The van der Waals surface area contributed by atoms with Crippen LogP contribution in [0.4, 0.5) is 0 Å². The van der Waals surface area contributed by atoms with Crippen molar-refractivity contribution in [1.82, 2.24) is 4.98 Å². The van der Waals surface area contributed by atoms with E-state index in [-0.39, 0.29) is 24.8 Å². The Morgan fingerprint density at radius 1 is 1.31 bits per heavy atom. The van der Waals surface area contributed by atoms with Crippen molar-refractivity contribution in [3.05, 3.63) is 48.8 Å². The fraction of sp³-hybridized carbons (Fsp3) is 0.250. The molecule has 4 heteroatoms. The third kappa shape index (κ3) is 23.6. The fourth-order valence-corrected chi connectivity index (χ4v) is 0.581. The Kier molecular flexibility index (Phi) is 23.0. The van der Waals surface area contributed by atoms with Gasteiger partial charge in [0, 0.05) is 0 Å². The zero-order valence-electron chi connectivity index (χ0n) is 9.43. The van der Waals surface area contributed by atoms with Gasteiger partial charge in [-0.25, -0.2) is 12.2 Å². The maximum Gasteiger partial charge on any atom is -0.108 e. The zero-order valence-corrected chi connectivity index (χ0v) is 12.5. The monoisotopic (exact) mass is 291 g/mol. The second-order valence-electron chi connectivity index (χ2n) is 2.82. The summed E-state index contributed by atoms with van der Waals surface area (Å²) in [4.78, 5) is 2.74. The average molecular weight is 292 g/mol. The Hall–Kier alpha value is -0.0757. The summed E-state index contributed by atoms with van der Waals surface area (Å²) in [5.41, 5.74) is 0. The third-order valence-electron chi connectivity index (χ3n) is 1.03. The summed E-state index contributed by atoms with van der Waals surface area (Å²) < 4.78 is 1.42. The van der Waals surface area contributed by atoms with Crippen molar-refractivity contribution in [3.8, 4) is 0 Å². The topological polar surface area (TPSA) is 15.8 Å². The van der Waals surface area contributed by atoms with Gasteiger partial charge in [0.25, 0.3) is 0 Å². The van der Waals surface area contributed by atoms with E-state index in [1.807, 2.05) is 30.5 Å². The van der Waals surface area contributed by atoms with Gasteiger partial charge >= 0.3 is 37.6 Å². The van der Waals surface area contributed by atoms with Crippen LogP contribution in [0.2, 0.25) is 0 Å². The zero-order chi connectivity index (χ0) is 10.6. The first-order chi connectivity index (χ1) is 6.73. The molecule has 0 unspecified atom stereocenters. The first-order valence-electron chi connectivity index (χ1n) is 4.46. The molecule has 0 aromatic carbocycles. The molecule has 1 aromatic rings. The summed E-state index contributed by atoms with van der Waals surface area (Å²) >= 11 is 2.08. The Bertz CT molecular complexity index is 248. The van der Waals surface area contributed by atoms with Gasteiger partial charge in [0.15, 0.2) is 0 Å². The second kappa shape index (κ2) is 17.3. The minimum absolute atomic E-state index is 0. The van der Waals surface area contributed by atoms with E-state index in [9.17, 15) is 0 Å². The summed E-state index contributed by atoms with van der Waals surface area (Å²) in [5.74, 6) is 0. The molecule has 1 nitrogen and oxygen atoms in total. The van der Waals surface area contributed by atoms with E-state index < -0.39 is 0 Å². The van der Waals surface area contributed by atoms with Gasteiger partial charge in [0.1, 0.15) is 0 Å². The molecule has 0 aliphatic heterocycles. The Balaban J connectivity index is -0.000000151. The molecule has 0 radical (unpaired) electrons. The summed E-state index contributed by atoms with van der Waals surface area (Å²) in [6.07, 6.45) is 14.6. The van der Waals surface area contributed by atoms with Crippen molar-refractivity contribution in [3.63, 3.8) is 0 Å². The number of aromatic nitrogens is 1. The second-order valence-corrected chi connectivity index (χ2v) is 4.38. The molecule has 0 spiro atoms. The van der Waals surface area contributed by atoms with Crippen molar-refractivity contribution >= 4 is 3.81 Å². The minimum atomic E-state index is 0. The van der Waals surface area contributed by atoms with Crippen LogP contribution in [0.25, 0.3) is 0 Å². The quantitative estimate of drug-likeness (QED) is 0.385. The molecule has 1 aliphatic carbocycles. The molecule has 1 heterocycles. The van der Waals surface area contributed by atoms with Gasteiger partial charge in [0.05, 0.1) is 0 Å². The standard InChI is InChI=1S/C5H5.C4H4N.C3H6.2ClH.Ti/c2*1-2-4-5-3-1;1-3-2;;;/h1-3H,4H2;1-3,5H;1-2H3;2*1H;/q2*-1;;;;+2/p-2. The molecular weight excluding hydrogens is 277 g/mol. The number of halogens is 2. The van der Waals surface area contributed by atoms with E-state index in [0.29, 0.717) is 0 Å². The summed E-state index contributed by atoms with van der Waals surface area (Å²) in [6, 6.07) is 3.71. The molecule has 1 aromatic heterocycles. The van der Waals surface area contributed by atoms with Crippen LogP contribution in [0.1, 0.15) is 20.3 Å². The van der Waals surface area contributed by atoms with Crippen LogP contribution in [0.5, 0.6) is 0 Å². The van der Waals surface area contributed by atoms with Gasteiger partial charge in [-0.1, -0.05) is 0 Å². The van der Waals surface area contributed by atoms with E-state index in [1.54, 1.807) is 0 Å². The number of rotatable bonds is 0. The van der Waals surface area contributed by atoms with Crippen molar-refractivity contribution in [1.29, 1.82) is 0 Å². The van der Waals surface area contributed by atoms with Gasteiger partial charge < -0.3 is 29.8 Å². The first kappa shape index (κ1) is 21.2. The summed E-state index contributed by atoms with van der Waals surface area (Å²) in [7, 11) is 0. The number of allylic oxidation sites excluding steroid dienone is 4. The van der Waals surface area contributed by atoms with Gasteiger partial charge in [-0.05, 0) is 0 Å². The van der Waals surface area contributed by atoms with Crippen LogP contribution in [0, 0.1) is 12.3 Å². The largest absolute Gasteiger partial charge is 1.00 e. The predicted octanol–water partition coefficient (Wildman–Crippen LogP) is -3.13. The number of H-pyrrole nitrogens is 1. The number of hydrogen-bond donors (Lipinski definition) is 1. The van der Waals surface area contributed by atoms with Crippen LogP contribution >= 0.6 is 0 Å². The predicted molar refractivity (Wildman–Crippen MR) is 57.6 cm³/mol. The average Bonchev–Trinajstić information content (AvgIpc) is 2.83. The Morgan fingerprint density at radius 2 is 1.94 bits per heavy atom. The van der Waals surface area contributed by atoms with Crippen LogP contribution < -0.4 is 24.8 Å². The van der Waals surface area contributed by atoms with Crippen molar-refractivity contribution < 1.29 is 44.8 Å². The van der Waals surface area contributed by atoms with Crippen LogP contribution in [-0.2, 0) is 20.0 Å². The summed E-state index contributed by atoms with van der Waals surface area (Å²) in [6.45, 7) is 4.17. The van der Waals surface area contributed by atoms with Crippen LogP contribution in [-0.4, -0.2) is 8.80 Å². The van der Waals surface area contributed by atoms with Crippen LogP contribution in [0.3, 0.4) is 0 Å². The molecule has 0 fully saturated rings. The van der Waals surface area contributed by atoms with E-state index in [4.69, 9.17) is 0 Å². The fourth-order valence-electron chi connectivity index (χ4n) is 0.581. The molecule has 0 bridgehead atoms. The maximum atomic E-state index is 2.99. The molecule has 16 heavy (non-hydrogen) atoms. The first-order valence-corrected chi connectivity index (χ1v) is 5.24. The Morgan fingerprint density at radius 3 is 2.06 bits per heavy atom. The minimum Gasteiger partial charge on any atom is -1.00 e. The molecule has 0 saturated heterocycles. The van der Waals surface area contributed by atoms with Crippen molar-refractivity contribution in [2.24, 2.45) is 0 Å². The molecule has 1 aliphatic rings. The van der Waals surface area contributed by atoms with Crippen molar-refractivity contribution in [2.45, 2.75) is 20.3 Å². The normalized spacial score (nSPS) is 9.75. The smallest absolute Gasteiger partial charge is 0.108 e. The van der Waals surface area contributed by atoms with Gasteiger partial charge in [-0.15, -0.1) is 12.6 Å². The van der Waals surface area contributed by atoms with E-state index >= 15 is 0 Å². The van der Waals surface area contributed by atoms with E-state index in [1.165, 1.54) is 3.81 Å². The molecule has 2 rings (SSSR count). The van der Waals surface area contributed by atoms with Gasteiger partial charge in [0.2, 0.25) is 0 Å². The van der Waals surface area contributed by atoms with Crippen LogP contribution in [0.15, 0.2) is 36.6 Å². The van der Waals surface area contributed by atoms with E-state index in [0.717, 1.165) is 6.42 Å². The number of nitrogens with one attached hydrogen (secondary N) is 1. The molecule has 1 N–H and O–H groups in total. The number of aromatic amines is 1. The SMILES string of the molecule is C[C](C)=[Ti+2].[C-]1=CC=CC1.[Cl-].[Cl-].[c-]1ccc[nH]1. The van der Waals surface area contributed by atoms with Gasteiger partial charge in [-0.2, -0.15) is 24.4 Å². The molecule has 0 amide bonds. The number of hydrogen-bond acceptors (Lipinski definition) is 0. The molecule has 88 valence electrons. The van der Waals surface area contributed by atoms with E-state index in [2.05, 4.69) is 57.2 Å². The Labute approximate surface area is 122 Å². The maximum absolute atomic E-state index is 2.99. The summed E-state index contributed by atoms with van der Waals surface area (Å²) in [5, 5.41) is 0.